The summed E-state index contributed by atoms with van der Waals surface area (Å²) in [6.07, 6.45) is 0.484. The molecule has 0 spiro atoms. The van der Waals surface area contributed by atoms with Crippen LogP contribution in [0.3, 0.4) is 0 Å². The number of piperazine rings is 1. The lowest BCUT2D eigenvalue weighted by atomic mass is 10.0. The van der Waals surface area contributed by atoms with Crippen LogP contribution in [0.1, 0.15) is 42.0 Å². The number of aromatic nitrogens is 1. The molecule has 0 N–H and O–H groups in total. The van der Waals surface area contributed by atoms with Gasteiger partial charge in [-0.05, 0) is 48.1 Å². The molecule has 0 saturated carbocycles. The maximum atomic E-state index is 12.7. The van der Waals surface area contributed by atoms with Gasteiger partial charge in [-0.25, -0.2) is 4.98 Å². The molecule has 2 aromatic carbocycles. The Kier molecular flexibility index (Phi) is 5.59. The minimum atomic E-state index is 0.220. The molecular formula is C24H29N3OS. The van der Waals surface area contributed by atoms with E-state index in [2.05, 4.69) is 69.0 Å². The van der Waals surface area contributed by atoms with E-state index < -0.39 is 0 Å². The first-order chi connectivity index (χ1) is 13.9. The molecule has 29 heavy (non-hydrogen) atoms. The monoisotopic (exact) mass is 407 g/mol. The maximum absolute atomic E-state index is 12.7. The van der Waals surface area contributed by atoms with Gasteiger partial charge < -0.3 is 9.80 Å². The van der Waals surface area contributed by atoms with Gasteiger partial charge in [0, 0.05) is 26.2 Å². The molecule has 0 aliphatic carbocycles. The molecule has 1 aliphatic heterocycles. The second-order valence-corrected chi connectivity index (χ2v) is 9.34. The Morgan fingerprint density at radius 3 is 2.41 bits per heavy atom. The van der Waals surface area contributed by atoms with Crippen molar-refractivity contribution in [2.75, 3.05) is 31.1 Å². The Morgan fingerprint density at radius 1 is 1.07 bits per heavy atom. The lowest BCUT2D eigenvalue weighted by Gasteiger charge is -2.34. The van der Waals surface area contributed by atoms with Gasteiger partial charge in [0.1, 0.15) is 0 Å². The number of anilines is 1. The third-order valence-corrected chi connectivity index (χ3v) is 6.98. The molecule has 5 heteroatoms. The van der Waals surface area contributed by atoms with Crippen molar-refractivity contribution in [1.29, 1.82) is 0 Å². The molecule has 1 saturated heterocycles. The van der Waals surface area contributed by atoms with E-state index >= 15 is 0 Å². The van der Waals surface area contributed by atoms with Crippen LogP contribution in [0.15, 0.2) is 36.4 Å². The summed E-state index contributed by atoms with van der Waals surface area (Å²) in [6, 6.07) is 12.8. The highest BCUT2D eigenvalue weighted by Crippen LogP contribution is 2.32. The van der Waals surface area contributed by atoms with Gasteiger partial charge in [0.15, 0.2) is 5.13 Å². The predicted molar refractivity (Wildman–Crippen MR) is 122 cm³/mol. The van der Waals surface area contributed by atoms with E-state index in [1.165, 1.54) is 21.4 Å². The zero-order valence-electron chi connectivity index (χ0n) is 17.7. The van der Waals surface area contributed by atoms with Crippen molar-refractivity contribution in [3.8, 4) is 0 Å². The summed E-state index contributed by atoms with van der Waals surface area (Å²) in [7, 11) is 0. The number of hydrogen-bond acceptors (Lipinski definition) is 4. The fourth-order valence-electron chi connectivity index (χ4n) is 3.95. The fraction of sp³-hybridized carbons (Fsp3) is 0.417. The molecule has 1 fully saturated rings. The quantitative estimate of drug-likeness (QED) is 0.615. The van der Waals surface area contributed by atoms with Crippen molar-refractivity contribution in [2.45, 2.75) is 40.0 Å². The summed E-state index contributed by atoms with van der Waals surface area (Å²) in [5.74, 6) is 0.737. The summed E-state index contributed by atoms with van der Waals surface area (Å²) in [4.78, 5) is 21.9. The summed E-state index contributed by atoms with van der Waals surface area (Å²) in [6.45, 7) is 11.9. The van der Waals surface area contributed by atoms with Crippen LogP contribution in [-0.2, 0) is 11.2 Å². The zero-order chi connectivity index (χ0) is 20.5. The predicted octanol–water partition coefficient (Wildman–Crippen LogP) is 4.93. The average Bonchev–Trinajstić information content (AvgIpc) is 3.13. The van der Waals surface area contributed by atoms with Gasteiger partial charge in [0.2, 0.25) is 5.91 Å². The van der Waals surface area contributed by atoms with Crippen LogP contribution in [0.2, 0.25) is 0 Å². The highest BCUT2D eigenvalue weighted by Gasteiger charge is 2.23. The molecule has 0 atom stereocenters. The highest BCUT2D eigenvalue weighted by molar-refractivity contribution is 7.22. The van der Waals surface area contributed by atoms with Crippen LogP contribution in [0.5, 0.6) is 0 Å². The lowest BCUT2D eigenvalue weighted by molar-refractivity contribution is -0.130. The smallest absolute Gasteiger partial charge is 0.227 e. The van der Waals surface area contributed by atoms with Crippen molar-refractivity contribution in [1.82, 2.24) is 9.88 Å². The molecular weight excluding hydrogens is 378 g/mol. The van der Waals surface area contributed by atoms with E-state index in [1.54, 1.807) is 11.3 Å². The van der Waals surface area contributed by atoms with Crippen molar-refractivity contribution in [3.63, 3.8) is 0 Å². The van der Waals surface area contributed by atoms with Crippen molar-refractivity contribution >= 4 is 32.6 Å². The highest BCUT2D eigenvalue weighted by atomic mass is 32.1. The first-order valence-corrected chi connectivity index (χ1v) is 11.2. The number of carbonyl (C=O) groups is 1. The molecule has 0 unspecified atom stereocenters. The number of carbonyl (C=O) groups excluding carboxylic acids is 1. The van der Waals surface area contributed by atoms with Crippen LogP contribution in [0.4, 0.5) is 5.13 Å². The van der Waals surface area contributed by atoms with Crippen LogP contribution in [-0.4, -0.2) is 42.0 Å². The Bertz CT molecular complexity index is 1010. The van der Waals surface area contributed by atoms with E-state index in [0.29, 0.717) is 12.3 Å². The largest absolute Gasteiger partial charge is 0.345 e. The number of nitrogens with zero attached hydrogens (tertiary/aromatic N) is 3. The number of hydrogen-bond donors (Lipinski definition) is 0. The Morgan fingerprint density at radius 2 is 1.76 bits per heavy atom. The number of aryl methyl sites for hydroxylation is 2. The van der Waals surface area contributed by atoms with E-state index in [0.717, 1.165) is 42.4 Å². The average molecular weight is 408 g/mol. The van der Waals surface area contributed by atoms with Crippen molar-refractivity contribution in [3.05, 3.63) is 58.7 Å². The summed E-state index contributed by atoms with van der Waals surface area (Å²) in [5.41, 5.74) is 6.05. The Labute approximate surface area is 177 Å². The molecule has 1 aromatic heterocycles. The van der Waals surface area contributed by atoms with Crippen LogP contribution in [0.25, 0.3) is 10.2 Å². The van der Waals surface area contributed by atoms with E-state index in [9.17, 15) is 4.79 Å². The fourth-order valence-corrected chi connectivity index (χ4v) is 5.02. The Hall–Kier alpha value is -2.40. The number of rotatable bonds is 4. The SMILES string of the molecule is Cc1cc(C)c2sc(N3CCN(C(=O)Cc4ccc(C(C)C)cc4)CC3)nc2c1. The topological polar surface area (TPSA) is 36.4 Å². The van der Waals surface area contributed by atoms with Crippen LogP contribution >= 0.6 is 11.3 Å². The van der Waals surface area contributed by atoms with E-state index in [4.69, 9.17) is 4.98 Å². The standard InChI is InChI=1S/C24H29N3OS/c1-16(2)20-7-5-19(6-8-20)15-22(28)26-9-11-27(12-10-26)24-25-21-14-17(3)13-18(4)23(21)29-24/h5-8,13-14,16H,9-12,15H2,1-4H3. The van der Waals surface area contributed by atoms with Crippen LogP contribution in [0, 0.1) is 13.8 Å². The van der Waals surface area contributed by atoms with Crippen molar-refractivity contribution < 1.29 is 4.79 Å². The number of thiazole rings is 1. The molecule has 1 aliphatic rings. The van der Waals surface area contributed by atoms with Gasteiger partial charge >= 0.3 is 0 Å². The third kappa shape index (κ3) is 4.30. The number of amides is 1. The normalized spacial score (nSPS) is 14.8. The van der Waals surface area contributed by atoms with Gasteiger partial charge in [0.25, 0.3) is 0 Å². The molecule has 3 aromatic rings. The first kappa shape index (κ1) is 19.9. The lowest BCUT2D eigenvalue weighted by Crippen LogP contribution is -2.49. The van der Waals surface area contributed by atoms with Gasteiger partial charge in [-0.3, -0.25) is 4.79 Å². The third-order valence-electron chi connectivity index (χ3n) is 5.71. The first-order valence-electron chi connectivity index (χ1n) is 10.4. The zero-order valence-corrected chi connectivity index (χ0v) is 18.6. The van der Waals surface area contributed by atoms with Crippen LogP contribution < -0.4 is 4.90 Å². The van der Waals surface area contributed by atoms with Gasteiger partial charge in [-0.1, -0.05) is 55.5 Å². The summed E-state index contributed by atoms with van der Waals surface area (Å²) < 4.78 is 1.27. The molecule has 4 rings (SSSR count). The van der Waals surface area contributed by atoms with Crippen molar-refractivity contribution in [2.24, 2.45) is 0 Å². The second-order valence-electron chi connectivity index (χ2n) is 8.37. The van der Waals surface area contributed by atoms with E-state index in [1.807, 2.05) is 4.90 Å². The molecule has 152 valence electrons. The number of benzene rings is 2. The van der Waals surface area contributed by atoms with Gasteiger partial charge in [-0.2, -0.15) is 0 Å². The maximum Gasteiger partial charge on any atom is 0.227 e. The molecule has 2 heterocycles. The second kappa shape index (κ2) is 8.15. The summed E-state index contributed by atoms with van der Waals surface area (Å²) in [5, 5.41) is 1.07. The summed E-state index contributed by atoms with van der Waals surface area (Å²) >= 11 is 1.77. The molecule has 4 nitrogen and oxygen atoms in total. The van der Waals surface area contributed by atoms with E-state index in [-0.39, 0.29) is 5.91 Å². The number of fused-ring (bicyclic) bond motifs is 1. The van der Waals surface area contributed by atoms with Gasteiger partial charge in [-0.15, -0.1) is 0 Å². The molecule has 1 amide bonds. The molecule has 0 radical (unpaired) electrons. The van der Waals surface area contributed by atoms with Gasteiger partial charge in [0.05, 0.1) is 16.6 Å². The minimum absolute atomic E-state index is 0.220. The minimum Gasteiger partial charge on any atom is -0.345 e. The molecule has 0 bridgehead atoms. The Balaban J connectivity index is 1.37.